The Kier molecular flexibility index (Phi) is 14.2. The van der Waals surface area contributed by atoms with E-state index in [1.165, 1.54) is 116 Å². The molecule has 0 saturated carbocycles. The van der Waals surface area contributed by atoms with Crippen molar-refractivity contribution in [3.8, 4) is 0 Å². The largest absolute Gasteiger partial charge is 0.248 e. The molecule has 2 heteroatoms. The third-order valence-corrected chi connectivity index (χ3v) is 20.5. The molecule has 0 radical (unpaired) electrons. The van der Waals surface area contributed by atoms with Gasteiger partial charge in [-0.3, -0.25) is 0 Å². The van der Waals surface area contributed by atoms with Gasteiger partial charge < -0.3 is 0 Å². The lowest BCUT2D eigenvalue weighted by Gasteiger charge is -2.36. The van der Waals surface area contributed by atoms with Crippen molar-refractivity contribution < 1.29 is 0 Å². The third-order valence-electron chi connectivity index (χ3n) is 14.9. The molecule has 0 aromatic heterocycles. The Bertz CT molecular complexity index is 2800. The van der Waals surface area contributed by atoms with Crippen LogP contribution in [0.1, 0.15) is 100 Å². The summed E-state index contributed by atoms with van der Waals surface area (Å²) in [6.07, 6.45) is 5.10. The second-order valence-corrected chi connectivity index (χ2v) is 23.7. The highest BCUT2D eigenvalue weighted by Gasteiger charge is 2.44. The van der Waals surface area contributed by atoms with Gasteiger partial charge >= 0.3 is 0 Å². The molecule has 0 bridgehead atoms. The summed E-state index contributed by atoms with van der Waals surface area (Å²) in [5, 5.41) is 3.90. The molecule has 9 aromatic carbocycles. The van der Waals surface area contributed by atoms with E-state index in [1.54, 1.807) is 0 Å². The van der Waals surface area contributed by atoms with E-state index in [4.69, 9.17) is 0 Å². The lowest BCUT2D eigenvalue weighted by atomic mass is 9.89. The number of halogens is 1. The quantitative estimate of drug-likeness (QED) is 0.0546. The minimum absolute atomic E-state index is 0.832. The summed E-state index contributed by atoms with van der Waals surface area (Å²) < 4.78 is 0. The zero-order valence-electron chi connectivity index (χ0n) is 40.7. The number of hydrogen-bond acceptors (Lipinski definition) is 0. The topological polar surface area (TPSA) is 0 Å². The standard InChI is InChI=1S/C66H63ClSi/c1-46-49(4)64(43-58(37-52-25-13-7-14-26-52)61(46)40-55-31-19-10-20-32-55)68(67,65-44-59(38-53-27-15-8-16-28-53)62(47(2)50(65)5)41-56-33-21-11-22-34-56)66-45-60(39-54-29-17-9-18-30-54)63(48(3)51(66)6)42-57-35-23-12-24-36-57/h7-36,43-45H,37-42H2,1-6H3. The van der Waals surface area contributed by atoms with E-state index >= 15 is 0 Å². The van der Waals surface area contributed by atoms with E-state index in [-0.39, 0.29) is 0 Å². The average molecular weight is 920 g/mol. The molecule has 338 valence electrons. The zero-order valence-corrected chi connectivity index (χ0v) is 42.4. The molecule has 0 N–H and O–H groups in total. The fourth-order valence-corrected chi connectivity index (χ4v) is 16.6. The maximum Gasteiger partial charge on any atom is 0.248 e. The van der Waals surface area contributed by atoms with Crippen LogP contribution in [-0.2, 0) is 38.5 Å². The molecule has 0 heterocycles. The van der Waals surface area contributed by atoms with Crippen molar-refractivity contribution in [1.29, 1.82) is 0 Å². The molecule has 0 unspecified atom stereocenters. The lowest BCUT2D eigenvalue weighted by Crippen LogP contribution is -2.66. The summed E-state index contributed by atoms with van der Waals surface area (Å²) in [5.74, 6) is 0. The van der Waals surface area contributed by atoms with Gasteiger partial charge in [0.1, 0.15) is 0 Å². The van der Waals surface area contributed by atoms with Gasteiger partial charge in [0, 0.05) is 0 Å². The Labute approximate surface area is 412 Å². The van der Waals surface area contributed by atoms with Crippen LogP contribution in [0.2, 0.25) is 0 Å². The normalized spacial score (nSPS) is 11.5. The first kappa shape index (κ1) is 46.6. The Morgan fingerprint density at radius 2 is 0.456 bits per heavy atom. The highest BCUT2D eigenvalue weighted by Crippen LogP contribution is 2.33. The summed E-state index contributed by atoms with van der Waals surface area (Å²) in [6, 6.07) is 73.7. The summed E-state index contributed by atoms with van der Waals surface area (Å²) in [4.78, 5) is 0. The van der Waals surface area contributed by atoms with E-state index < -0.39 is 7.38 Å². The zero-order chi connectivity index (χ0) is 47.2. The molecule has 0 fully saturated rings. The van der Waals surface area contributed by atoms with Gasteiger partial charge in [-0.25, -0.2) is 0 Å². The molecule has 0 amide bonds. The van der Waals surface area contributed by atoms with E-state index in [9.17, 15) is 11.1 Å². The molecule has 9 aromatic rings. The molecule has 0 spiro atoms. The number of rotatable bonds is 15. The summed E-state index contributed by atoms with van der Waals surface area (Å²) in [5.41, 5.74) is 24.1. The SMILES string of the molecule is Cc1c([Si](Cl)(c2cc(Cc3ccccc3)c(Cc3ccccc3)c(C)c2C)c2cc(Cc3ccccc3)c(Cc3ccccc3)c(C)c2C)cc(Cc2ccccc2)c(Cc2ccccc2)c1C. The summed E-state index contributed by atoms with van der Waals surface area (Å²) in [6.45, 7) is 14.2. The van der Waals surface area contributed by atoms with Gasteiger partial charge in [0.25, 0.3) is 0 Å². The van der Waals surface area contributed by atoms with Crippen LogP contribution in [0.4, 0.5) is 0 Å². The van der Waals surface area contributed by atoms with Gasteiger partial charge in [-0.05, 0) is 196 Å². The highest BCUT2D eigenvalue weighted by atomic mass is 35.6. The van der Waals surface area contributed by atoms with E-state index in [0.29, 0.717) is 0 Å². The van der Waals surface area contributed by atoms with Crippen molar-refractivity contribution in [3.63, 3.8) is 0 Å². The molecule has 0 atom stereocenters. The minimum Gasteiger partial charge on any atom is -0.149 e. The predicted molar refractivity (Wildman–Crippen MR) is 294 cm³/mol. The van der Waals surface area contributed by atoms with Crippen LogP contribution in [0, 0.1) is 41.5 Å². The number of benzene rings is 9. The molecule has 0 saturated heterocycles. The van der Waals surface area contributed by atoms with Crippen molar-refractivity contribution in [2.24, 2.45) is 0 Å². The van der Waals surface area contributed by atoms with Gasteiger partial charge in [0.05, 0.1) is 0 Å². The first-order chi connectivity index (χ1) is 33.1. The smallest absolute Gasteiger partial charge is 0.149 e. The Morgan fingerprint density at radius 3 is 0.662 bits per heavy atom. The highest BCUT2D eigenvalue weighted by molar-refractivity contribution is 7.40. The molecular weight excluding hydrogens is 856 g/mol. The van der Waals surface area contributed by atoms with Crippen LogP contribution in [0.25, 0.3) is 0 Å². The van der Waals surface area contributed by atoms with E-state index in [2.05, 4.69) is 242 Å². The van der Waals surface area contributed by atoms with Crippen LogP contribution in [0.15, 0.2) is 200 Å². The average Bonchev–Trinajstić information content (AvgIpc) is 3.37. The Hall–Kier alpha value is -6.51. The molecule has 0 aliphatic rings. The van der Waals surface area contributed by atoms with Crippen molar-refractivity contribution >= 4 is 34.0 Å². The Balaban J connectivity index is 1.36. The first-order valence-electron chi connectivity index (χ1n) is 24.4. The van der Waals surface area contributed by atoms with Crippen molar-refractivity contribution in [2.45, 2.75) is 80.1 Å². The van der Waals surface area contributed by atoms with E-state index in [1.807, 2.05) is 0 Å². The molecular formula is C66H63ClSi. The fraction of sp³-hybridized carbons (Fsp3) is 0.182. The molecule has 9 rings (SSSR count). The van der Waals surface area contributed by atoms with Gasteiger partial charge in [-0.1, -0.05) is 200 Å². The van der Waals surface area contributed by atoms with Crippen LogP contribution in [0.3, 0.4) is 0 Å². The summed E-state index contributed by atoms with van der Waals surface area (Å²) in [7, 11) is -3.42. The predicted octanol–water partition coefficient (Wildman–Crippen LogP) is 14.3. The van der Waals surface area contributed by atoms with Crippen LogP contribution >= 0.6 is 11.1 Å². The molecule has 68 heavy (non-hydrogen) atoms. The third kappa shape index (κ3) is 9.88. The maximum atomic E-state index is 9.25. The van der Waals surface area contributed by atoms with Gasteiger partial charge in [0.2, 0.25) is 7.38 Å². The lowest BCUT2D eigenvalue weighted by molar-refractivity contribution is 1.06. The van der Waals surface area contributed by atoms with Gasteiger partial charge in [-0.15, -0.1) is 11.1 Å². The van der Waals surface area contributed by atoms with E-state index in [0.717, 1.165) is 38.5 Å². The fourth-order valence-electron chi connectivity index (χ4n) is 10.7. The van der Waals surface area contributed by atoms with Gasteiger partial charge in [0.15, 0.2) is 0 Å². The molecule has 0 aliphatic heterocycles. The second kappa shape index (κ2) is 20.8. The van der Waals surface area contributed by atoms with Crippen LogP contribution < -0.4 is 15.6 Å². The van der Waals surface area contributed by atoms with Gasteiger partial charge in [-0.2, -0.15) is 0 Å². The second-order valence-electron chi connectivity index (χ2n) is 19.1. The molecule has 0 nitrogen and oxygen atoms in total. The summed E-state index contributed by atoms with van der Waals surface area (Å²) >= 11 is 9.25. The number of hydrogen-bond donors (Lipinski definition) is 0. The molecule has 0 aliphatic carbocycles. The minimum atomic E-state index is -3.42. The maximum absolute atomic E-state index is 9.25. The monoisotopic (exact) mass is 918 g/mol. The van der Waals surface area contributed by atoms with Crippen molar-refractivity contribution in [2.75, 3.05) is 0 Å². The first-order valence-corrected chi connectivity index (χ1v) is 27.4. The van der Waals surface area contributed by atoms with Crippen LogP contribution in [-0.4, -0.2) is 7.38 Å². The Morgan fingerprint density at radius 1 is 0.265 bits per heavy atom. The van der Waals surface area contributed by atoms with Crippen molar-refractivity contribution in [1.82, 2.24) is 0 Å². The van der Waals surface area contributed by atoms with Crippen LogP contribution in [0.5, 0.6) is 0 Å². The van der Waals surface area contributed by atoms with Crippen molar-refractivity contribution in [3.05, 3.63) is 300 Å².